The van der Waals surface area contributed by atoms with Crippen LogP contribution in [-0.2, 0) is 0 Å². The quantitative estimate of drug-likeness (QED) is 0.527. The van der Waals surface area contributed by atoms with Crippen LogP contribution >= 0.6 is 11.8 Å². The molecule has 0 fully saturated rings. The average molecular weight is 128 g/mol. The molecule has 0 aliphatic carbocycles. The predicted octanol–water partition coefficient (Wildman–Crippen LogP) is 2.83. The van der Waals surface area contributed by atoms with Gasteiger partial charge in [-0.15, -0.1) is 11.8 Å². The molecule has 8 heavy (non-hydrogen) atoms. The number of rotatable bonds is 3. The minimum atomic E-state index is 1.05. The molecule has 1 heteroatoms. The molecule has 0 aromatic heterocycles. The van der Waals surface area contributed by atoms with Crippen LogP contribution in [0.3, 0.4) is 0 Å². The summed E-state index contributed by atoms with van der Waals surface area (Å²) in [6.07, 6.45) is 5.14. The second-order valence-electron chi connectivity index (χ2n) is 1.55. The van der Waals surface area contributed by atoms with Gasteiger partial charge in [0.1, 0.15) is 0 Å². The molecule has 0 aromatic carbocycles. The first-order chi connectivity index (χ1) is 3.81. The van der Waals surface area contributed by atoms with Crippen LogP contribution in [0.25, 0.3) is 0 Å². The van der Waals surface area contributed by atoms with Crippen molar-refractivity contribution in [3.8, 4) is 0 Å². The summed E-state index contributed by atoms with van der Waals surface area (Å²) in [6.45, 7) is 5.91. The van der Waals surface area contributed by atoms with Crippen molar-refractivity contribution >= 4 is 11.8 Å². The molecule has 0 bridgehead atoms. The fourth-order valence-electron chi connectivity index (χ4n) is 0.282. The molecule has 0 saturated heterocycles. The van der Waals surface area contributed by atoms with Gasteiger partial charge in [-0.25, -0.2) is 0 Å². The minimum absolute atomic E-state index is 1.05. The van der Waals surface area contributed by atoms with Crippen LogP contribution in [0.2, 0.25) is 0 Å². The van der Waals surface area contributed by atoms with Crippen molar-refractivity contribution in [2.75, 3.05) is 6.26 Å². The van der Waals surface area contributed by atoms with E-state index in [9.17, 15) is 0 Å². The van der Waals surface area contributed by atoms with Gasteiger partial charge in [0.05, 0.1) is 0 Å². The van der Waals surface area contributed by atoms with Gasteiger partial charge < -0.3 is 0 Å². The van der Waals surface area contributed by atoms with Crippen LogP contribution < -0.4 is 0 Å². The summed E-state index contributed by atoms with van der Waals surface area (Å²) in [5.74, 6) is 0. The van der Waals surface area contributed by atoms with Gasteiger partial charge >= 0.3 is 0 Å². The van der Waals surface area contributed by atoms with E-state index < -0.39 is 0 Å². The monoisotopic (exact) mass is 128 g/mol. The second-order valence-corrected chi connectivity index (χ2v) is 2.29. The number of allylic oxidation sites excluding steroid dienone is 2. The largest absolute Gasteiger partial charge is 0.138 e. The van der Waals surface area contributed by atoms with E-state index in [0.717, 1.165) is 6.42 Å². The fourth-order valence-corrected chi connectivity index (χ4v) is 0.611. The zero-order valence-electron chi connectivity index (χ0n) is 5.48. The molecule has 46 valence electrons. The summed E-state index contributed by atoms with van der Waals surface area (Å²) in [4.78, 5) is 0. The van der Waals surface area contributed by atoms with Gasteiger partial charge in [0.15, 0.2) is 0 Å². The molecule has 0 amide bonds. The van der Waals surface area contributed by atoms with E-state index in [1.807, 2.05) is 17.7 Å². The molecule has 0 rings (SSSR count). The van der Waals surface area contributed by atoms with E-state index in [1.165, 1.54) is 5.57 Å². The van der Waals surface area contributed by atoms with E-state index in [4.69, 9.17) is 0 Å². The lowest BCUT2D eigenvalue weighted by molar-refractivity contribution is 1.16. The van der Waals surface area contributed by atoms with Crippen molar-refractivity contribution in [2.45, 2.75) is 13.3 Å². The zero-order chi connectivity index (χ0) is 6.41. The Kier molecular flexibility index (Phi) is 4.87. The third-order valence-corrected chi connectivity index (χ3v) is 1.30. The summed E-state index contributed by atoms with van der Waals surface area (Å²) >= 11 is 1.70. The molecule has 0 spiro atoms. The van der Waals surface area contributed by atoms with Crippen LogP contribution in [0.15, 0.2) is 23.6 Å². The summed E-state index contributed by atoms with van der Waals surface area (Å²) in [6, 6.07) is 0. The smallest absolute Gasteiger partial charge is 0.0142 e. The van der Waals surface area contributed by atoms with Crippen molar-refractivity contribution in [2.24, 2.45) is 0 Å². The Morgan fingerprint density at radius 3 is 2.75 bits per heavy atom. The third-order valence-electron chi connectivity index (χ3n) is 0.894. The van der Waals surface area contributed by atoms with Gasteiger partial charge in [0.25, 0.3) is 0 Å². The van der Waals surface area contributed by atoms with E-state index in [1.54, 1.807) is 11.8 Å². The van der Waals surface area contributed by atoms with Gasteiger partial charge in [-0.3, -0.25) is 0 Å². The molecule has 0 aromatic rings. The molecule has 0 aliphatic heterocycles. The Morgan fingerprint density at radius 2 is 2.38 bits per heavy atom. The maximum absolute atomic E-state index is 3.81. The van der Waals surface area contributed by atoms with E-state index in [2.05, 4.69) is 13.5 Å². The standard InChI is InChI=1S/C7H12S/c1-4-7(2)5-6-8-3/h5-6H,2,4H2,1,3H3/b6-5+. The molecule has 0 saturated carbocycles. The number of thioether (sulfide) groups is 1. The zero-order valence-corrected chi connectivity index (χ0v) is 6.29. The lowest BCUT2D eigenvalue weighted by Crippen LogP contribution is -1.65. The highest BCUT2D eigenvalue weighted by Crippen LogP contribution is 2.02. The molecule has 0 aliphatic rings. The molecule has 0 unspecified atom stereocenters. The first kappa shape index (κ1) is 7.83. The van der Waals surface area contributed by atoms with Crippen LogP contribution in [0.4, 0.5) is 0 Å². The SMILES string of the molecule is C=C(/C=C/SC)CC. The lowest BCUT2D eigenvalue weighted by atomic mass is 10.2. The van der Waals surface area contributed by atoms with E-state index >= 15 is 0 Å². The molecular weight excluding hydrogens is 116 g/mol. The van der Waals surface area contributed by atoms with Crippen molar-refractivity contribution in [1.29, 1.82) is 0 Å². The van der Waals surface area contributed by atoms with Gasteiger partial charge in [-0.1, -0.05) is 25.2 Å². The normalized spacial score (nSPS) is 10.2. The highest BCUT2D eigenvalue weighted by Gasteiger charge is 1.77. The van der Waals surface area contributed by atoms with E-state index in [-0.39, 0.29) is 0 Å². The van der Waals surface area contributed by atoms with Gasteiger partial charge in [0, 0.05) is 0 Å². The molecular formula is C7H12S. The Labute approximate surface area is 55.7 Å². The average Bonchev–Trinajstić information content (AvgIpc) is 1.83. The highest BCUT2D eigenvalue weighted by molar-refractivity contribution is 8.01. The first-order valence-corrected chi connectivity index (χ1v) is 3.97. The third kappa shape index (κ3) is 4.00. The molecule has 0 radical (unpaired) electrons. The van der Waals surface area contributed by atoms with Crippen LogP contribution in [0, 0.1) is 0 Å². The summed E-state index contributed by atoms with van der Waals surface area (Å²) in [5, 5.41) is 2.05. The van der Waals surface area contributed by atoms with Crippen molar-refractivity contribution in [1.82, 2.24) is 0 Å². The maximum atomic E-state index is 3.81. The van der Waals surface area contributed by atoms with Crippen molar-refractivity contribution < 1.29 is 0 Å². The Morgan fingerprint density at radius 1 is 1.75 bits per heavy atom. The highest BCUT2D eigenvalue weighted by atomic mass is 32.2. The Bertz CT molecular complexity index is 92.6. The summed E-state index contributed by atoms with van der Waals surface area (Å²) in [7, 11) is 0. The van der Waals surface area contributed by atoms with Crippen molar-refractivity contribution in [3.05, 3.63) is 23.6 Å². The van der Waals surface area contributed by atoms with Crippen LogP contribution in [0.1, 0.15) is 13.3 Å². The minimum Gasteiger partial charge on any atom is -0.138 e. The maximum Gasteiger partial charge on any atom is -0.0142 e. The topological polar surface area (TPSA) is 0 Å². The Balaban J connectivity index is 3.37. The summed E-state index contributed by atoms with van der Waals surface area (Å²) < 4.78 is 0. The predicted molar refractivity (Wildman–Crippen MR) is 42.1 cm³/mol. The number of hydrogen-bond donors (Lipinski definition) is 0. The second kappa shape index (κ2) is 4.98. The van der Waals surface area contributed by atoms with Crippen LogP contribution in [0.5, 0.6) is 0 Å². The van der Waals surface area contributed by atoms with Gasteiger partial charge in [0.2, 0.25) is 0 Å². The summed E-state index contributed by atoms with van der Waals surface area (Å²) in [5.41, 5.74) is 1.19. The van der Waals surface area contributed by atoms with Gasteiger partial charge in [-0.2, -0.15) is 0 Å². The van der Waals surface area contributed by atoms with Crippen molar-refractivity contribution in [3.63, 3.8) is 0 Å². The fraction of sp³-hybridized carbons (Fsp3) is 0.429. The molecule has 0 heterocycles. The molecule has 0 nitrogen and oxygen atoms in total. The van der Waals surface area contributed by atoms with Gasteiger partial charge in [-0.05, 0) is 18.1 Å². The first-order valence-electron chi connectivity index (χ1n) is 2.68. The molecule has 0 atom stereocenters. The number of hydrogen-bond acceptors (Lipinski definition) is 1. The Hall–Kier alpha value is -0.170. The van der Waals surface area contributed by atoms with Crippen LogP contribution in [-0.4, -0.2) is 6.26 Å². The molecule has 0 N–H and O–H groups in total. The lowest BCUT2D eigenvalue weighted by Gasteiger charge is -1.87. The van der Waals surface area contributed by atoms with E-state index in [0.29, 0.717) is 0 Å².